The number of nitrogens with zero attached hydrogens (tertiary/aromatic N) is 16. The van der Waals surface area contributed by atoms with Crippen LogP contribution >= 0.6 is 35.9 Å². The van der Waals surface area contributed by atoms with Crippen LogP contribution in [0.4, 0.5) is 31.1 Å². The van der Waals surface area contributed by atoms with E-state index in [2.05, 4.69) is 96.5 Å². The highest BCUT2D eigenvalue weighted by molar-refractivity contribution is 7.98. The number of aliphatic hydroxyl groups excluding tert-OH is 4. The molecule has 6 aromatic rings. The summed E-state index contributed by atoms with van der Waals surface area (Å²) in [4.78, 5) is 127. The predicted molar refractivity (Wildman–Crippen MR) is 545 cm³/mol. The Balaban J connectivity index is 0.000000426. The maximum absolute atomic E-state index is 12.6. The first-order chi connectivity index (χ1) is 65.2. The van der Waals surface area contributed by atoms with Crippen LogP contribution in [0.15, 0.2) is 81.8 Å². The van der Waals surface area contributed by atoms with Gasteiger partial charge < -0.3 is 79.6 Å². The van der Waals surface area contributed by atoms with Crippen LogP contribution < -0.4 is 21.7 Å². The molecule has 9 N–H and O–H groups in total. The van der Waals surface area contributed by atoms with E-state index in [0.717, 1.165) is 124 Å². The number of methoxy groups -OCH3 is 1. The minimum atomic E-state index is -3.55. The molecule has 8 aliphatic heterocycles. The molecular weight excluding hydrogens is 1900 g/mol. The molecular formula is C97H159ClN20O20S3. The Bertz CT molecular complexity index is 5140. The number of nitrogens with two attached hydrogens (primary N) is 1. The number of anilines is 2. The maximum Gasteiger partial charge on any atom is 0.411 e. The molecule has 14 rings (SSSR count). The Morgan fingerprint density at radius 2 is 0.887 bits per heavy atom. The number of isocyanates is 1. The number of fused-ring (bicyclic) bond motifs is 5. The van der Waals surface area contributed by atoms with Crippen LogP contribution in [0.2, 0.25) is 0 Å². The molecule has 0 saturated carbocycles. The fraction of sp³-hybridized carbons (Fsp3) is 0.670. The van der Waals surface area contributed by atoms with Gasteiger partial charge in [-0.3, -0.25) is 24.9 Å². The van der Waals surface area contributed by atoms with E-state index in [9.17, 15) is 57.6 Å². The minimum absolute atomic E-state index is 0. The Morgan fingerprint density at radius 1 is 0.546 bits per heavy atom. The van der Waals surface area contributed by atoms with E-state index in [1.165, 1.54) is 82.1 Å². The number of aliphatic imine (C=N–C) groups is 1. The van der Waals surface area contributed by atoms with E-state index in [0.29, 0.717) is 83.3 Å². The van der Waals surface area contributed by atoms with E-state index in [1.807, 2.05) is 97.5 Å². The molecule has 4 amide bonds. The Morgan fingerprint density at radius 3 is 1.23 bits per heavy atom. The lowest BCUT2D eigenvalue weighted by atomic mass is 9.95. The number of amides is 4. The van der Waals surface area contributed by atoms with Crippen LogP contribution in [0, 0.1) is 0 Å². The number of carbonyl (C=O) groups is 5. The molecule has 1 aromatic carbocycles. The SMILES string of the molecule is C.C.CC(C)(C)OC(=O)N1Cc2nc(NC3CCOCC3)ncc2C1(C)CO.CC(C)(C)OC(=O)N1Cc2nc(S(C)(=O)=O)ncc2C1(C)CO.CC1(CO)NCc2nc(NC3CCOCC3)ncc21.CCN(CC)CC.COC(=O)C1(C)c2cnc(SC)nc2CN1C(=O)OC(C)(C)C.CSc1ncc2c(n1)CN(C(=O)OC(C)(C)C)C2(C)CO.Cl.NC1CCOCC1.O=C=NCc1ccccc1.[2H]CC. The van der Waals surface area contributed by atoms with Crippen LogP contribution in [0.5, 0.6) is 0 Å². The first-order valence-corrected chi connectivity index (χ1v) is 50.6. The van der Waals surface area contributed by atoms with Gasteiger partial charge in [-0.2, -0.15) is 0 Å². The number of carbonyl (C=O) groups excluding carboxylic acids is 6. The largest absolute Gasteiger partial charge is 0.467 e. The average Bonchev–Trinajstić information content (AvgIpc) is 1.59. The predicted octanol–water partition coefficient (Wildman–Crippen LogP) is 13.5. The number of thioether (sulfide) groups is 2. The van der Waals surface area contributed by atoms with Crippen molar-refractivity contribution in [2.75, 3.05) is 122 Å². The topological polar surface area (TPSA) is 511 Å². The molecule has 792 valence electrons. The van der Waals surface area contributed by atoms with Gasteiger partial charge in [0.2, 0.25) is 33.0 Å². The molecule has 3 fully saturated rings. The standard InChI is InChI=1S/C18H28N4O4.C15H21N3O4S.C14H21N3O5S.C14H21N3O3S.C13H20N4O2.C8H7NO.C6H15N.C5H11NO.C2H6.2CH4.ClH/c1-17(2,3)26-16(24)22-10-14-13(18(22,4)11-23)9-19-15(21-14)20-12-5-7-25-8-6-12;1-14(2,3)22-13(20)18-8-10-9(7-16-12(17-10)23-6)15(18,4)11(19)21-5;1-13(2,3)22-12(19)17-7-10-9(14(17,4)8-18)6-15-11(16-10)23(5,20)21;1-13(2,3)20-12(19)17-7-10-9(14(17,4)8-18)6-15-11(16-10)21-5;1-13(8-18)10-6-14-12(17-11(10)7-15-13)16-9-2-4-19-5-3-9;10-7-9-6-8-4-2-1-3-5-8;1-4-7(5-2)6-3;6-5-1-3-7-4-2-5;1-2;;;/h9,12,23H,5-8,10-11H2,1-4H3,(H,19,20,21);7H,8H2,1-6H3;6,18H,7-8H2,1-5H3;6,18H,7-8H2,1-5H3;6,9,15,18H,2-5,7-8H2,1H3,(H,14,16,17);1-5H,6H2;4-6H2,1-3H3;5H,1-4,6H2;1-2H3;2*1H4;1H/i;;;;;;;;1D;;;. The second-order valence-corrected chi connectivity index (χ2v) is 41.8. The normalized spacial score (nSPS) is 20.5. The third-order valence-electron chi connectivity index (χ3n) is 23.2. The number of benzene rings is 1. The maximum atomic E-state index is 12.6. The second kappa shape index (κ2) is 56.2. The Hall–Kier alpha value is -9.31. The van der Waals surface area contributed by atoms with E-state index in [1.54, 1.807) is 94.8 Å². The number of sulfone groups is 1. The quantitative estimate of drug-likeness (QED) is 0.0105. The van der Waals surface area contributed by atoms with E-state index in [-0.39, 0.29) is 84.5 Å². The number of aliphatic hydroxyl groups is 4. The molecule has 44 heteroatoms. The summed E-state index contributed by atoms with van der Waals surface area (Å²) < 4.78 is 71.8. The molecule has 3 saturated heterocycles. The monoisotopic (exact) mass is 2060 g/mol. The third-order valence-corrected chi connectivity index (χ3v) is 25.2. The molecule has 141 heavy (non-hydrogen) atoms. The van der Waals surface area contributed by atoms with Gasteiger partial charge >= 0.3 is 30.3 Å². The van der Waals surface area contributed by atoms with Gasteiger partial charge in [-0.25, -0.2) is 92.0 Å². The summed E-state index contributed by atoms with van der Waals surface area (Å²) >= 11 is 2.84. The zero-order valence-corrected chi connectivity index (χ0v) is 88.8. The lowest BCUT2D eigenvalue weighted by Crippen LogP contribution is -2.50. The summed E-state index contributed by atoms with van der Waals surface area (Å²) in [6.07, 6.45) is 18.2. The number of esters is 1. The van der Waals surface area contributed by atoms with Gasteiger partial charge in [0.25, 0.3) is 0 Å². The molecule has 5 unspecified atom stereocenters. The summed E-state index contributed by atoms with van der Waals surface area (Å²) in [6, 6.07) is 10.7. The number of hydrogen-bond acceptors (Lipinski definition) is 38. The first kappa shape index (κ1) is 124. The molecule has 40 nitrogen and oxygen atoms in total. The molecule has 0 aliphatic carbocycles. The lowest BCUT2D eigenvalue weighted by molar-refractivity contribution is -0.154. The number of halogens is 1. The number of aromatic nitrogens is 10. The molecule has 13 heterocycles. The van der Waals surface area contributed by atoms with E-state index < -0.39 is 90.3 Å². The highest BCUT2D eigenvalue weighted by atomic mass is 35.5. The molecule has 5 aromatic heterocycles. The van der Waals surface area contributed by atoms with Gasteiger partial charge in [-0.15, -0.1) is 12.4 Å². The van der Waals surface area contributed by atoms with Crippen molar-refractivity contribution in [3.05, 3.63) is 123 Å². The zero-order chi connectivity index (χ0) is 104. The minimum Gasteiger partial charge on any atom is -0.467 e. The van der Waals surface area contributed by atoms with Crippen LogP contribution in [-0.4, -0.2) is 292 Å². The van der Waals surface area contributed by atoms with Gasteiger partial charge in [-0.1, -0.05) is 103 Å². The highest BCUT2D eigenvalue weighted by Crippen LogP contribution is 2.44. The average molecular weight is 2060 g/mol. The molecule has 0 bridgehead atoms. The first-order valence-electron chi connectivity index (χ1n) is 47.0. The molecule has 0 radical (unpaired) electrons. The van der Waals surface area contributed by atoms with Gasteiger partial charge in [0.1, 0.15) is 22.4 Å². The molecule has 8 aliphatic rings. The zero-order valence-electron chi connectivity index (χ0n) is 86.6. The van der Waals surface area contributed by atoms with Crippen molar-refractivity contribution >= 4 is 94.1 Å². The van der Waals surface area contributed by atoms with Gasteiger partial charge in [-0.05, 0) is 194 Å². The molecule has 0 spiro atoms. The van der Waals surface area contributed by atoms with Crippen molar-refractivity contribution in [3.63, 3.8) is 0 Å². The summed E-state index contributed by atoms with van der Waals surface area (Å²) in [5, 5.41) is 50.0. The second-order valence-electron chi connectivity index (χ2n) is 38.3. The summed E-state index contributed by atoms with van der Waals surface area (Å²) in [5.41, 5.74) is 6.60. The van der Waals surface area contributed by atoms with Crippen molar-refractivity contribution in [1.82, 2.24) is 79.7 Å². The Kier molecular flexibility index (Phi) is 49.5. The highest BCUT2D eigenvalue weighted by Gasteiger charge is 2.54. The van der Waals surface area contributed by atoms with Crippen LogP contribution in [-0.2, 0) is 124 Å². The number of ether oxygens (including phenoxy) is 8. The fourth-order valence-electron chi connectivity index (χ4n) is 15.1. The van der Waals surface area contributed by atoms with Crippen molar-refractivity contribution in [2.24, 2.45) is 10.7 Å². The van der Waals surface area contributed by atoms with Gasteiger partial charge in [0.05, 0.1) is 117 Å². The summed E-state index contributed by atoms with van der Waals surface area (Å²) in [7, 11) is -2.27. The summed E-state index contributed by atoms with van der Waals surface area (Å²) in [6.45, 7) is 48.7. The van der Waals surface area contributed by atoms with Crippen molar-refractivity contribution < 1.29 is 96.9 Å². The van der Waals surface area contributed by atoms with Gasteiger partial charge in [0, 0.05) is 131 Å². The van der Waals surface area contributed by atoms with Crippen molar-refractivity contribution in [1.29, 1.82) is 0 Å². The fourth-order valence-corrected chi connectivity index (χ4v) is 16.4. The lowest BCUT2D eigenvalue weighted by Gasteiger charge is -2.35. The molecule has 5 atom stereocenters. The smallest absolute Gasteiger partial charge is 0.411 e. The number of rotatable bonds is 17. The van der Waals surface area contributed by atoms with Crippen LogP contribution in [0.1, 0.15) is 269 Å². The van der Waals surface area contributed by atoms with E-state index in [4.69, 9.17) is 45.0 Å². The van der Waals surface area contributed by atoms with Crippen LogP contribution in [0.25, 0.3) is 0 Å². The van der Waals surface area contributed by atoms with Gasteiger partial charge in [0.15, 0.2) is 15.9 Å². The number of hydrogen-bond donors (Lipinski definition) is 8. The van der Waals surface area contributed by atoms with Crippen LogP contribution in [0.3, 0.4) is 0 Å². The summed E-state index contributed by atoms with van der Waals surface area (Å²) in [5.74, 6) is 0.666. The Labute approximate surface area is 850 Å². The van der Waals surface area contributed by atoms with Crippen molar-refractivity contribution in [2.45, 2.75) is 329 Å². The van der Waals surface area contributed by atoms with Crippen molar-refractivity contribution in [3.8, 4) is 0 Å². The van der Waals surface area contributed by atoms with E-state index >= 15 is 0 Å². The number of nitrogens with one attached hydrogen (secondary N) is 3. The third kappa shape index (κ3) is 35.3.